The van der Waals surface area contributed by atoms with Crippen LogP contribution in [0.3, 0.4) is 0 Å². The third kappa shape index (κ3) is 3.72. The Morgan fingerprint density at radius 3 is 2.29 bits per heavy atom. The zero-order valence-electron chi connectivity index (χ0n) is 8.28. The molecule has 5 nitrogen and oxygen atoms in total. The molecule has 7 heteroatoms. The van der Waals surface area contributed by atoms with Crippen LogP contribution in [0, 0.1) is 0 Å². The van der Waals surface area contributed by atoms with Gasteiger partial charge >= 0.3 is 5.97 Å². The van der Waals surface area contributed by atoms with Gasteiger partial charge in [0.05, 0.1) is 5.56 Å². The molecule has 0 saturated heterocycles. The van der Waals surface area contributed by atoms with E-state index in [1.165, 1.54) is 12.1 Å². The van der Waals surface area contributed by atoms with Gasteiger partial charge in [-0.1, -0.05) is 0 Å². The maximum atomic E-state index is 11.1. The molecule has 0 fully saturated rings. The normalized spacial score (nSPS) is 9.76. The molecule has 0 aliphatic rings. The van der Waals surface area contributed by atoms with Gasteiger partial charge in [0.2, 0.25) is 0 Å². The lowest BCUT2D eigenvalue weighted by Gasteiger charge is -2.07. The summed E-state index contributed by atoms with van der Waals surface area (Å²) in [7, 11) is 0. The van der Waals surface area contributed by atoms with Crippen LogP contribution in [0.1, 0.15) is 20.7 Å². The predicted molar refractivity (Wildman–Crippen MR) is 59.9 cm³/mol. The van der Waals surface area contributed by atoms with Gasteiger partial charge in [0.15, 0.2) is 6.61 Å². The van der Waals surface area contributed by atoms with E-state index in [9.17, 15) is 14.4 Å². The van der Waals surface area contributed by atoms with Crippen LogP contribution in [-0.2, 0) is 4.79 Å². The van der Waals surface area contributed by atoms with Crippen LogP contribution < -0.4 is 4.74 Å². The molecule has 0 aliphatic heterocycles. The molecule has 0 unspecified atom stereocenters. The Kier molecular flexibility index (Phi) is 4.48. The summed E-state index contributed by atoms with van der Waals surface area (Å²) in [6.45, 7) is -0.620. The van der Waals surface area contributed by atoms with E-state index in [4.69, 9.17) is 33.0 Å². The van der Waals surface area contributed by atoms with E-state index >= 15 is 0 Å². The van der Waals surface area contributed by atoms with E-state index in [2.05, 4.69) is 0 Å². The van der Waals surface area contributed by atoms with Gasteiger partial charge in [0, 0.05) is 5.56 Å². The fourth-order valence-corrected chi connectivity index (χ4v) is 1.34. The second kappa shape index (κ2) is 5.65. The molecule has 0 aliphatic carbocycles. The molecule has 90 valence electrons. The summed E-state index contributed by atoms with van der Waals surface area (Å²) in [5.41, 5.74) is -0.0437. The minimum atomic E-state index is -1.20. The van der Waals surface area contributed by atoms with Crippen molar-refractivity contribution >= 4 is 39.7 Å². The third-order valence-electron chi connectivity index (χ3n) is 1.77. The number of halogens is 2. The first-order valence-corrected chi connectivity index (χ1v) is 5.05. The first-order chi connectivity index (χ1) is 7.91. The van der Waals surface area contributed by atoms with E-state index in [0.717, 1.165) is 6.07 Å². The van der Waals surface area contributed by atoms with E-state index in [1.54, 1.807) is 0 Å². The number of hydrogen-bond acceptors (Lipinski definition) is 4. The predicted octanol–water partition coefficient (Wildman–Crippen LogP) is 1.91. The summed E-state index contributed by atoms with van der Waals surface area (Å²) >= 11 is 10.5. The second-order valence-electron chi connectivity index (χ2n) is 2.94. The van der Waals surface area contributed by atoms with Crippen molar-refractivity contribution in [3.63, 3.8) is 0 Å². The monoisotopic (exact) mass is 276 g/mol. The van der Waals surface area contributed by atoms with Crippen LogP contribution in [0.15, 0.2) is 18.2 Å². The molecule has 0 aromatic heterocycles. The lowest BCUT2D eigenvalue weighted by atomic mass is 10.1. The third-order valence-corrected chi connectivity index (χ3v) is 2.19. The van der Waals surface area contributed by atoms with Gasteiger partial charge in [0.25, 0.3) is 10.5 Å². The highest BCUT2D eigenvalue weighted by molar-refractivity contribution is 6.69. The van der Waals surface area contributed by atoms with E-state index in [1.807, 2.05) is 0 Å². The molecule has 1 N–H and O–H groups in total. The van der Waals surface area contributed by atoms with Gasteiger partial charge < -0.3 is 9.84 Å². The molecule has 1 aromatic carbocycles. The number of benzene rings is 1. The summed E-state index contributed by atoms with van der Waals surface area (Å²) in [4.78, 5) is 32.3. The number of ether oxygens (including phenoxy) is 1. The second-order valence-corrected chi connectivity index (χ2v) is 3.63. The quantitative estimate of drug-likeness (QED) is 0.831. The fourth-order valence-electron chi connectivity index (χ4n) is 1.07. The van der Waals surface area contributed by atoms with Crippen LogP contribution in [0.5, 0.6) is 5.75 Å². The Morgan fingerprint density at radius 1 is 1.18 bits per heavy atom. The molecule has 0 spiro atoms. The summed E-state index contributed by atoms with van der Waals surface area (Å²) in [6.07, 6.45) is 0. The summed E-state index contributed by atoms with van der Waals surface area (Å²) in [5, 5.41) is 6.80. The molecular formula is C10H6Cl2O5. The van der Waals surface area contributed by atoms with Crippen molar-refractivity contribution in [1.82, 2.24) is 0 Å². The highest BCUT2D eigenvalue weighted by atomic mass is 35.5. The molecule has 0 atom stereocenters. The first-order valence-electron chi connectivity index (χ1n) is 4.30. The standard InChI is InChI=1S/C10H6Cl2O5/c11-9(15)5-1-2-7(17-4-8(13)14)6(3-5)10(12)16/h1-3H,4H2,(H,13,14). The average Bonchev–Trinajstić information content (AvgIpc) is 2.25. The SMILES string of the molecule is O=C(O)COc1ccc(C(=O)Cl)cc1C(=O)Cl. The maximum absolute atomic E-state index is 11.1. The lowest BCUT2D eigenvalue weighted by molar-refractivity contribution is -0.139. The number of hydrogen-bond donors (Lipinski definition) is 1. The van der Waals surface area contributed by atoms with Crippen LogP contribution in [0.2, 0.25) is 0 Å². The van der Waals surface area contributed by atoms with Crippen molar-refractivity contribution in [2.75, 3.05) is 6.61 Å². The lowest BCUT2D eigenvalue weighted by Crippen LogP contribution is -2.11. The van der Waals surface area contributed by atoms with Crippen LogP contribution in [0.25, 0.3) is 0 Å². The van der Waals surface area contributed by atoms with Crippen molar-refractivity contribution in [2.45, 2.75) is 0 Å². The molecule has 0 saturated carbocycles. The molecule has 1 aromatic rings. The average molecular weight is 277 g/mol. The van der Waals surface area contributed by atoms with E-state index < -0.39 is 23.1 Å². The highest BCUT2D eigenvalue weighted by Crippen LogP contribution is 2.23. The van der Waals surface area contributed by atoms with Crippen LogP contribution >= 0.6 is 23.2 Å². The molecule has 0 heterocycles. The Morgan fingerprint density at radius 2 is 1.82 bits per heavy atom. The molecule has 0 radical (unpaired) electrons. The molecular weight excluding hydrogens is 271 g/mol. The zero-order chi connectivity index (χ0) is 13.0. The van der Waals surface area contributed by atoms with Crippen LogP contribution in [0.4, 0.5) is 0 Å². The number of carboxylic acid groups (broad SMARTS) is 1. The Hall–Kier alpha value is -1.59. The van der Waals surface area contributed by atoms with Gasteiger partial charge in [-0.25, -0.2) is 4.79 Å². The topological polar surface area (TPSA) is 80.7 Å². The number of aliphatic carboxylic acids is 1. The van der Waals surface area contributed by atoms with Crippen molar-refractivity contribution in [2.24, 2.45) is 0 Å². The number of carbonyl (C=O) groups excluding carboxylic acids is 2. The largest absolute Gasteiger partial charge is 0.481 e. The zero-order valence-corrected chi connectivity index (χ0v) is 9.79. The number of carbonyl (C=O) groups is 3. The fraction of sp³-hybridized carbons (Fsp3) is 0.100. The minimum Gasteiger partial charge on any atom is -0.481 e. The minimum absolute atomic E-state index is 0.0194. The van der Waals surface area contributed by atoms with Crippen molar-refractivity contribution in [3.8, 4) is 5.75 Å². The van der Waals surface area contributed by atoms with Gasteiger partial charge in [-0.05, 0) is 41.4 Å². The Balaban J connectivity index is 3.08. The van der Waals surface area contributed by atoms with Crippen molar-refractivity contribution in [3.05, 3.63) is 29.3 Å². The van der Waals surface area contributed by atoms with Gasteiger partial charge in [-0.3, -0.25) is 9.59 Å². The Bertz CT molecular complexity index is 484. The molecule has 17 heavy (non-hydrogen) atoms. The van der Waals surface area contributed by atoms with Gasteiger partial charge in [-0.15, -0.1) is 0 Å². The van der Waals surface area contributed by atoms with Crippen molar-refractivity contribution < 1.29 is 24.2 Å². The molecule has 0 amide bonds. The summed E-state index contributed by atoms with van der Waals surface area (Å²) in [5.74, 6) is -1.22. The van der Waals surface area contributed by atoms with E-state index in [-0.39, 0.29) is 16.9 Å². The highest BCUT2D eigenvalue weighted by Gasteiger charge is 2.14. The van der Waals surface area contributed by atoms with E-state index in [0.29, 0.717) is 0 Å². The number of carboxylic acids is 1. The summed E-state index contributed by atoms with van der Waals surface area (Å²) < 4.78 is 4.84. The van der Waals surface area contributed by atoms with Gasteiger partial charge in [0.1, 0.15) is 5.75 Å². The molecule has 0 bridgehead atoms. The summed E-state index contributed by atoms with van der Waals surface area (Å²) in [6, 6.07) is 3.70. The number of rotatable bonds is 5. The van der Waals surface area contributed by atoms with Gasteiger partial charge in [-0.2, -0.15) is 0 Å². The Labute approximate surface area is 106 Å². The van der Waals surface area contributed by atoms with Crippen LogP contribution in [-0.4, -0.2) is 28.2 Å². The maximum Gasteiger partial charge on any atom is 0.341 e. The van der Waals surface area contributed by atoms with Crippen molar-refractivity contribution in [1.29, 1.82) is 0 Å². The first kappa shape index (κ1) is 13.5. The smallest absolute Gasteiger partial charge is 0.341 e. The molecule has 1 rings (SSSR count).